The molecule has 192 valence electrons. The first-order chi connectivity index (χ1) is 16.8. The Morgan fingerprint density at radius 1 is 1.00 bits per heavy atom. The summed E-state index contributed by atoms with van der Waals surface area (Å²) in [6.45, 7) is 8.43. The largest absolute Gasteiger partial charge is 0.494 e. The molecule has 2 saturated heterocycles. The Bertz CT molecular complexity index is 1100. The van der Waals surface area contributed by atoms with Gasteiger partial charge in [0.2, 0.25) is 5.91 Å². The quantitative estimate of drug-likeness (QED) is 0.610. The second-order valence-electron chi connectivity index (χ2n) is 10.0. The summed E-state index contributed by atoms with van der Waals surface area (Å²) in [5.41, 5.74) is -0.00444. The molecule has 36 heavy (non-hydrogen) atoms. The number of hydrogen-bond donors (Lipinski definition) is 2. The highest BCUT2D eigenvalue weighted by atomic mass is 19.4. The number of carbonyl (C=O) groups excluding carboxylic acids is 2. The van der Waals surface area contributed by atoms with Crippen LogP contribution in [0, 0.1) is 0 Å². The van der Waals surface area contributed by atoms with Gasteiger partial charge in [-0.25, -0.2) is 4.79 Å². The molecule has 2 aliphatic heterocycles. The van der Waals surface area contributed by atoms with Gasteiger partial charge in [-0.15, -0.1) is 0 Å². The summed E-state index contributed by atoms with van der Waals surface area (Å²) in [6.07, 6.45) is -3.32. The van der Waals surface area contributed by atoms with Gasteiger partial charge in [0, 0.05) is 17.9 Å². The van der Waals surface area contributed by atoms with Gasteiger partial charge in [0.1, 0.15) is 6.04 Å². The van der Waals surface area contributed by atoms with E-state index in [1.54, 1.807) is 4.90 Å². The third-order valence-corrected chi connectivity index (χ3v) is 6.94. The van der Waals surface area contributed by atoms with Crippen molar-refractivity contribution in [3.05, 3.63) is 54.1 Å². The Kier molecular flexibility index (Phi) is 6.83. The number of hydrogen-bond acceptors (Lipinski definition) is 4. The summed E-state index contributed by atoms with van der Waals surface area (Å²) in [5, 5.41) is 5.11. The van der Waals surface area contributed by atoms with Gasteiger partial charge in [-0.2, -0.15) is 13.2 Å². The standard InChI is InChI=1S/C25H29BF3N3O4/c1-23(2)24(3,4)36-26(35-23)17-9-13-19(14-10-17)32-15-5-6-20(21(32)33)31-22(34)30-18-11-7-16(8-12-18)25(27,28)29/h7-14,20H,5-6,15H2,1-4H3,(H2,30,31,34)/t20-/m1/s1. The van der Waals surface area contributed by atoms with Crippen molar-refractivity contribution in [3.8, 4) is 0 Å². The number of alkyl halides is 3. The highest BCUT2D eigenvalue weighted by Crippen LogP contribution is 2.36. The highest BCUT2D eigenvalue weighted by molar-refractivity contribution is 6.62. The molecule has 11 heteroatoms. The molecule has 7 nitrogen and oxygen atoms in total. The number of piperidine rings is 1. The van der Waals surface area contributed by atoms with E-state index in [9.17, 15) is 22.8 Å². The third kappa shape index (κ3) is 5.36. The van der Waals surface area contributed by atoms with E-state index >= 15 is 0 Å². The fraction of sp³-hybridized carbons (Fsp3) is 0.440. The number of rotatable bonds is 4. The molecule has 2 aromatic carbocycles. The molecule has 0 bridgehead atoms. The fourth-order valence-corrected chi connectivity index (χ4v) is 4.12. The van der Waals surface area contributed by atoms with Gasteiger partial charge in [-0.05, 0) is 82.4 Å². The van der Waals surface area contributed by atoms with Crippen LogP contribution in [-0.2, 0) is 20.3 Å². The molecule has 0 aromatic heterocycles. The first-order valence-electron chi connectivity index (χ1n) is 11.8. The normalized spacial score (nSPS) is 21.4. The molecule has 1 atom stereocenters. The van der Waals surface area contributed by atoms with Crippen molar-refractivity contribution in [2.75, 3.05) is 16.8 Å². The van der Waals surface area contributed by atoms with Crippen LogP contribution < -0.4 is 21.0 Å². The van der Waals surface area contributed by atoms with Gasteiger partial charge in [-0.1, -0.05) is 12.1 Å². The lowest BCUT2D eigenvalue weighted by atomic mass is 9.79. The van der Waals surface area contributed by atoms with E-state index in [0.717, 1.165) is 17.6 Å². The zero-order valence-electron chi connectivity index (χ0n) is 20.6. The summed E-state index contributed by atoms with van der Waals surface area (Å²) in [4.78, 5) is 27.1. The van der Waals surface area contributed by atoms with Gasteiger partial charge < -0.3 is 24.8 Å². The lowest BCUT2D eigenvalue weighted by Crippen LogP contribution is -2.53. The number of urea groups is 1. The van der Waals surface area contributed by atoms with Crippen LogP contribution >= 0.6 is 0 Å². The minimum Gasteiger partial charge on any atom is -0.399 e. The second kappa shape index (κ2) is 9.44. The van der Waals surface area contributed by atoms with Crippen molar-refractivity contribution in [2.24, 2.45) is 0 Å². The smallest absolute Gasteiger partial charge is 0.399 e. The maximum atomic E-state index is 13.1. The van der Waals surface area contributed by atoms with Crippen LogP contribution in [0.1, 0.15) is 46.1 Å². The van der Waals surface area contributed by atoms with Crippen molar-refractivity contribution in [1.29, 1.82) is 0 Å². The van der Waals surface area contributed by atoms with Crippen molar-refractivity contribution < 1.29 is 32.1 Å². The molecule has 2 heterocycles. The average Bonchev–Trinajstić information content (AvgIpc) is 3.02. The number of halogens is 3. The van der Waals surface area contributed by atoms with Crippen LogP contribution in [0.3, 0.4) is 0 Å². The SMILES string of the molecule is CC1(C)OB(c2ccc(N3CCC[C@@H](NC(=O)Nc4ccc(C(F)(F)F)cc4)C3=O)cc2)OC1(C)C. The van der Waals surface area contributed by atoms with E-state index in [1.165, 1.54) is 12.1 Å². The van der Waals surface area contributed by atoms with E-state index in [4.69, 9.17) is 9.31 Å². The Morgan fingerprint density at radius 2 is 1.58 bits per heavy atom. The summed E-state index contributed by atoms with van der Waals surface area (Å²) in [5.74, 6) is -0.257. The molecule has 2 N–H and O–H groups in total. The van der Waals surface area contributed by atoms with Gasteiger partial charge in [0.25, 0.3) is 0 Å². The van der Waals surface area contributed by atoms with Crippen LogP contribution in [0.25, 0.3) is 0 Å². The topological polar surface area (TPSA) is 79.9 Å². The van der Waals surface area contributed by atoms with E-state index < -0.39 is 42.1 Å². The molecule has 2 aromatic rings. The molecule has 3 amide bonds. The van der Waals surface area contributed by atoms with Crippen molar-refractivity contribution in [3.63, 3.8) is 0 Å². The zero-order valence-corrected chi connectivity index (χ0v) is 20.6. The molecule has 0 radical (unpaired) electrons. The molecule has 0 unspecified atom stereocenters. The number of anilines is 2. The minimum atomic E-state index is -4.46. The summed E-state index contributed by atoms with van der Waals surface area (Å²) < 4.78 is 50.3. The van der Waals surface area contributed by atoms with Gasteiger partial charge >= 0.3 is 19.3 Å². The van der Waals surface area contributed by atoms with Crippen molar-refractivity contribution in [2.45, 2.75) is 64.0 Å². The maximum Gasteiger partial charge on any atom is 0.494 e. The highest BCUT2D eigenvalue weighted by Gasteiger charge is 2.51. The van der Waals surface area contributed by atoms with Crippen LogP contribution in [0.4, 0.5) is 29.3 Å². The molecule has 2 aliphatic rings. The molecule has 4 rings (SSSR count). The van der Waals surface area contributed by atoms with Crippen LogP contribution in [0.2, 0.25) is 0 Å². The van der Waals surface area contributed by atoms with E-state index in [1.807, 2.05) is 52.0 Å². The Morgan fingerprint density at radius 3 is 2.14 bits per heavy atom. The van der Waals surface area contributed by atoms with E-state index in [2.05, 4.69) is 10.6 Å². The summed E-state index contributed by atoms with van der Waals surface area (Å²) >= 11 is 0. The predicted octanol–water partition coefficient (Wildman–Crippen LogP) is 4.32. The molecular weight excluding hydrogens is 474 g/mol. The van der Waals surface area contributed by atoms with Crippen LogP contribution in [0.15, 0.2) is 48.5 Å². The summed E-state index contributed by atoms with van der Waals surface area (Å²) in [6, 6.07) is 10.1. The molecule has 0 saturated carbocycles. The van der Waals surface area contributed by atoms with Gasteiger partial charge in [-0.3, -0.25) is 4.79 Å². The number of amides is 3. The predicted molar refractivity (Wildman–Crippen MR) is 131 cm³/mol. The summed E-state index contributed by atoms with van der Waals surface area (Å²) in [7, 11) is -0.510. The Balaban J connectivity index is 1.37. The lowest BCUT2D eigenvalue weighted by molar-refractivity contribution is -0.137. The Hall–Kier alpha value is -3.05. The van der Waals surface area contributed by atoms with E-state index in [0.29, 0.717) is 25.1 Å². The monoisotopic (exact) mass is 503 g/mol. The van der Waals surface area contributed by atoms with Gasteiger partial charge in [0.05, 0.1) is 16.8 Å². The molecular formula is C25H29BF3N3O4. The fourth-order valence-electron chi connectivity index (χ4n) is 4.12. The third-order valence-electron chi connectivity index (χ3n) is 6.94. The van der Waals surface area contributed by atoms with Crippen LogP contribution in [0.5, 0.6) is 0 Å². The van der Waals surface area contributed by atoms with E-state index in [-0.39, 0.29) is 11.6 Å². The molecule has 2 fully saturated rings. The average molecular weight is 503 g/mol. The number of benzene rings is 2. The zero-order chi connectivity index (χ0) is 26.3. The van der Waals surface area contributed by atoms with Crippen molar-refractivity contribution >= 4 is 35.9 Å². The number of nitrogens with zero attached hydrogens (tertiary/aromatic N) is 1. The maximum absolute atomic E-state index is 13.1. The lowest BCUT2D eigenvalue weighted by Gasteiger charge is -2.32. The molecule has 0 spiro atoms. The first-order valence-corrected chi connectivity index (χ1v) is 11.8. The van der Waals surface area contributed by atoms with Gasteiger partial charge in [0.15, 0.2) is 0 Å². The number of carbonyl (C=O) groups is 2. The minimum absolute atomic E-state index is 0.193. The molecule has 0 aliphatic carbocycles. The Labute approximate surface area is 208 Å². The number of nitrogens with one attached hydrogen (secondary N) is 2. The first kappa shape index (κ1) is 26.0. The second-order valence-corrected chi connectivity index (χ2v) is 10.0. The van der Waals surface area contributed by atoms with Crippen LogP contribution in [-0.4, -0.2) is 42.8 Å². The van der Waals surface area contributed by atoms with Crippen molar-refractivity contribution in [1.82, 2.24) is 5.32 Å².